The van der Waals surface area contributed by atoms with Crippen molar-refractivity contribution < 1.29 is 4.39 Å². The lowest BCUT2D eigenvalue weighted by Crippen LogP contribution is -2.16. The second kappa shape index (κ2) is 4.06. The van der Waals surface area contributed by atoms with Gasteiger partial charge in [0.05, 0.1) is 6.04 Å². The van der Waals surface area contributed by atoms with Crippen LogP contribution in [0.2, 0.25) is 0 Å². The zero-order valence-electron chi connectivity index (χ0n) is 9.31. The van der Waals surface area contributed by atoms with Crippen molar-refractivity contribution in [3.8, 4) is 0 Å². The first-order valence-corrected chi connectivity index (χ1v) is 5.08. The van der Waals surface area contributed by atoms with Gasteiger partial charge in [-0.05, 0) is 30.2 Å². The van der Waals surface area contributed by atoms with Crippen LogP contribution in [0.25, 0.3) is 0 Å². The van der Waals surface area contributed by atoms with Crippen LogP contribution in [0.15, 0.2) is 30.6 Å². The fraction of sp³-hybridized carbons (Fsp3) is 0.250. The summed E-state index contributed by atoms with van der Waals surface area (Å²) < 4.78 is 15.1. The van der Waals surface area contributed by atoms with Crippen LogP contribution in [-0.4, -0.2) is 9.55 Å². The second-order valence-corrected chi connectivity index (χ2v) is 3.94. The Morgan fingerprint density at radius 2 is 2.12 bits per heavy atom. The molecule has 0 aliphatic carbocycles. The molecule has 0 aliphatic rings. The van der Waals surface area contributed by atoms with Gasteiger partial charge in [0.15, 0.2) is 0 Å². The molecule has 84 valence electrons. The molecule has 0 saturated carbocycles. The van der Waals surface area contributed by atoms with Gasteiger partial charge >= 0.3 is 0 Å². The molecular weight excluding hydrogens is 205 g/mol. The van der Waals surface area contributed by atoms with Gasteiger partial charge in [-0.25, -0.2) is 9.37 Å². The first-order chi connectivity index (χ1) is 7.58. The van der Waals surface area contributed by atoms with Crippen molar-refractivity contribution in [3.05, 3.63) is 53.4 Å². The lowest BCUT2D eigenvalue weighted by molar-refractivity contribution is 0.619. The molecule has 0 saturated heterocycles. The normalized spacial score (nSPS) is 12.8. The Morgan fingerprint density at radius 1 is 1.38 bits per heavy atom. The highest BCUT2D eigenvalue weighted by molar-refractivity contribution is 5.29. The van der Waals surface area contributed by atoms with E-state index in [-0.39, 0.29) is 5.82 Å². The summed E-state index contributed by atoms with van der Waals surface area (Å²) in [6, 6.07) is 4.41. The Kier molecular flexibility index (Phi) is 2.75. The van der Waals surface area contributed by atoms with Gasteiger partial charge in [-0.1, -0.05) is 6.07 Å². The SMILES string of the molecule is Cc1cc(F)cc(C(N)c2nccn2C)c1. The molecule has 1 aromatic carbocycles. The van der Waals surface area contributed by atoms with Crippen LogP contribution >= 0.6 is 0 Å². The summed E-state index contributed by atoms with van der Waals surface area (Å²) in [6.07, 6.45) is 3.50. The molecule has 4 heteroatoms. The van der Waals surface area contributed by atoms with E-state index in [9.17, 15) is 4.39 Å². The minimum atomic E-state index is -0.394. The molecule has 1 heterocycles. The van der Waals surface area contributed by atoms with E-state index in [4.69, 9.17) is 5.73 Å². The van der Waals surface area contributed by atoms with Crippen LogP contribution in [0.5, 0.6) is 0 Å². The fourth-order valence-electron chi connectivity index (χ4n) is 1.77. The molecule has 2 N–H and O–H groups in total. The number of hydrogen-bond donors (Lipinski definition) is 1. The van der Waals surface area contributed by atoms with Crippen LogP contribution in [0.1, 0.15) is 23.0 Å². The summed E-state index contributed by atoms with van der Waals surface area (Å²) in [5, 5.41) is 0. The van der Waals surface area contributed by atoms with E-state index in [1.807, 2.05) is 30.8 Å². The minimum absolute atomic E-state index is 0.264. The fourth-order valence-corrected chi connectivity index (χ4v) is 1.77. The van der Waals surface area contributed by atoms with Crippen molar-refractivity contribution in [2.45, 2.75) is 13.0 Å². The smallest absolute Gasteiger partial charge is 0.129 e. The van der Waals surface area contributed by atoms with Crippen LogP contribution in [0.4, 0.5) is 4.39 Å². The van der Waals surface area contributed by atoms with E-state index in [2.05, 4.69) is 4.98 Å². The van der Waals surface area contributed by atoms with Crippen molar-refractivity contribution in [2.75, 3.05) is 0 Å². The van der Waals surface area contributed by atoms with Gasteiger partial charge in [0.25, 0.3) is 0 Å². The molecule has 0 spiro atoms. The Balaban J connectivity index is 2.41. The zero-order valence-corrected chi connectivity index (χ0v) is 9.31. The zero-order chi connectivity index (χ0) is 11.7. The van der Waals surface area contributed by atoms with E-state index in [0.717, 1.165) is 17.0 Å². The predicted octanol–water partition coefficient (Wildman–Crippen LogP) is 1.92. The average Bonchev–Trinajstić information content (AvgIpc) is 2.62. The Morgan fingerprint density at radius 3 is 2.69 bits per heavy atom. The third-order valence-electron chi connectivity index (χ3n) is 2.56. The van der Waals surface area contributed by atoms with Gasteiger partial charge in [-0.2, -0.15) is 0 Å². The third-order valence-corrected chi connectivity index (χ3v) is 2.56. The molecule has 1 aromatic heterocycles. The summed E-state index contributed by atoms with van der Waals surface area (Å²) in [5.41, 5.74) is 7.65. The van der Waals surface area contributed by atoms with E-state index >= 15 is 0 Å². The van der Waals surface area contributed by atoms with Crippen molar-refractivity contribution in [1.29, 1.82) is 0 Å². The quantitative estimate of drug-likeness (QED) is 0.838. The van der Waals surface area contributed by atoms with Gasteiger partial charge in [0.2, 0.25) is 0 Å². The molecular formula is C12H14FN3. The number of rotatable bonds is 2. The first-order valence-electron chi connectivity index (χ1n) is 5.08. The highest BCUT2D eigenvalue weighted by atomic mass is 19.1. The maximum atomic E-state index is 13.2. The lowest BCUT2D eigenvalue weighted by Gasteiger charge is -2.12. The van der Waals surface area contributed by atoms with Crippen molar-refractivity contribution in [1.82, 2.24) is 9.55 Å². The molecule has 0 bridgehead atoms. The van der Waals surface area contributed by atoms with Crippen LogP contribution < -0.4 is 5.73 Å². The predicted molar refractivity (Wildman–Crippen MR) is 60.4 cm³/mol. The number of benzene rings is 1. The van der Waals surface area contributed by atoms with E-state index in [0.29, 0.717) is 0 Å². The number of hydrogen-bond acceptors (Lipinski definition) is 2. The maximum Gasteiger partial charge on any atom is 0.129 e. The van der Waals surface area contributed by atoms with Gasteiger partial charge < -0.3 is 10.3 Å². The minimum Gasteiger partial charge on any atom is -0.336 e. The van der Waals surface area contributed by atoms with E-state index < -0.39 is 6.04 Å². The lowest BCUT2D eigenvalue weighted by atomic mass is 10.0. The van der Waals surface area contributed by atoms with Gasteiger partial charge in [0.1, 0.15) is 11.6 Å². The van der Waals surface area contributed by atoms with Crippen molar-refractivity contribution in [2.24, 2.45) is 12.8 Å². The molecule has 1 atom stereocenters. The summed E-state index contributed by atoms with van der Waals surface area (Å²) in [7, 11) is 1.87. The van der Waals surface area contributed by atoms with Gasteiger partial charge in [-0.3, -0.25) is 0 Å². The molecule has 1 unspecified atom stereocenters. The number of nitrogens with two attached hydrogens (primary N) is 1. The standard InChI is InChI=1S/C12H14FN3/c1-8-5-9(7-10(13)6-8)11(14)12-15-3-4-16(12)2/h3-7,11H,14H2,1-2H3. The molecule has 2 rings (SSSR count). The van der Waals surface area contributed by atoms with Gasteiger partial charge in [-0.15, -0.1) is 0 Å². The Hall–Kier alpha value is -1.68. The summed E-state index contributed by atoms with van der Waals surface area (Å²) in [5.74, 6) is 0.463. The van der Waals surface area contributed by atoms with Crippen molar-refractivity contribution in [3.63, 3.8) is 0 Å². The third kappa shape index (κ3) is 1.97. The summed E-state index contributed by atoms with van der Waals surface area (Å²) >= 11 is 0. The van der Waals surface area contributed by atoms with E-state index in [1.54, 1.807) is 6.20 Å². The monoisotopic (exact) mass is 219 g/mol. The molecule has 3 nitrogen and oxygen atoms in total. The van der Waals surface area contributed by atoms with E-state index in [1.165, 1.54) is 12.1 Å². The van der Waals surface area contributed by atoms with Crippen molar-refractivity contribution >= 4 is 0 Å². The maximum absolute atomic E-state index is 13.2. The summed E-state index contributed by atoms with van der Waals surface area (Å²) in [4.78, 5) is 4.17. The average molecular weight is 219 g/mol. The molecule has 16 heavy (non-hydrogen) atoms. The Bertz CT molecular complexity index is 484. The number of aryl methyl sites for hydroxylation is 2. The molecule has 2 aromatic rings. The second-order valence-electron chi connectivity index (χ2n) is 3.94. The molecule has 0 aliphatic heterocycles. The topological polar surface area (TPSA) is 43.8 Å². The van der Waals surface area contributed by atoms with Gasteiger partial charge in [0, 0.05) is 19.4 Å². The summed E-state index contributed by atoms with van der Waals surface area (Å²) in [6.45, 7) is 1.84. The molecule has 0 radical (unpaired) electrons. The number of nitrogens with zero attached hydrogens (tertiary/aromatic N) is 2. The highest BCUT2D eigenvalue weighted by Gasteiger charge is 2.14. The van der Waals surface area contributed by atoms with Crippen LogP contribution in [-0.2, 0) is 7.05 Å². The van der Waals surface area contributed by atoms with Crippen LogP contribution in [0.3, 0.4) is 0 Å². The highest BCUT2D eigenvalue weighted by Crippen LogP contribution is 2.19. The largest absolute Gasteiger partial charge is 0.336 e. The van der Waals surface area contributed by atoms with Crippen LogP contribution in [0, 0.1) is 12.7 Å². The number of halogens is 1. The first kappa shape index (κ1) is 10.8. The molecule has 0 fully saturated rings. The Labute approximate surface area is 93.7 Å². The molecule has 0 amide bonds. The number of aromatic nitrogens is 2. The number of imidazole rings is 1.